The first-order valence-corrected chi connectivity index (χ1v) is 8.08. The zero-order chi connectivity index (χ0) is 13.2. The van der Waals surface area contributed by atoms with Gasteiger partial charge in [-0.1, -0.05) is 29.8 Å². The Balaban J connectivity index is 1.55. The molecule has 0 spiro atoms. The van der Waals surface area contributed by atoms with Gasteiger partial charge in [-0.25, -0.2) is 0 Å². The monoisotopic (exact) mass is 291 g/mol. The largest absolute Gasteiger partial charge is 0.307 e. The molecule has 3 rings (SSSR count). The Morgan fingerprint density at radius 2 is 2.05 bits per heavy atom. The van der Waals surface area contributed by atoms with Crippen LogP contribution in [0, 0.1) is 0 Å². The molecule has 0 radical (unpaired) electrons. The first-order chi connectivity index (χ1) is 9.24. The molecule has 1 unspecified atom stereocenters. The maximum Gasteiger partial charge on any atom is 0.0440 e. The van der Waals surface area contributed by atoms with E-state index in [1.165, 1.54) is 24.0 Å². The van der Waals surface area contributed by atoms with Crippen molar-refractivity contribution < 1.29 is 0 Å². The zero-order valence-electron chi connectivity index (χ0n) is 11.0. The number of halogens is 1. The van der Waals surface area contributed by atoms with Gasteiger partial charge in [0.25, 0.3) is 0 Å². The number of nitrogens with one attached hydrogen (secondary N) is 1. The van der Waals surface area contributed by atoms with Gasteiger partial charge in [0.05, 0.1) is 0 Å². The molecule has 0 amide bonds. The molecule has 1 aromatic heterocycles. The highest BCUT2D eigenvalue weighted by molar-refractivity contribution is 7.07. The van der Waals surface area contributed by atoms with Gasteiger partial charge in [-0.15, -0.1) is 0 Å². The molecule has 19 heavy (non-hydrogen) atoms. The van der Waals surface area contributed by atoms with E-state index in [-0.39, 0.29) is 0 Å². The third-order valence-corrected chi connectivity index (χ3v) is 5.06. The highest BCUT2D eigenvalue weighted by Crippen LogP contribution is 2.40. The van der Waals surface area contributed by atoms with E-state index in [9.17, 15) is 0 Å². The molecule has 1 heterocycles. The summed E-state index contributed by atoms with van der Waals surface area (Å²) >= 11 is 8.01. The molecule has 1 fully saturated rings. The van der Waals surface area contributed by atoms with Crippen molar-refractivity contribution in [1.29, 1.82) is 0 Å². The second-order valence-electron chi connectivity index (χ2n) is 5.33. The van der Waals surface area contributed by atoms with Gasteiger partial charge < -0.3 is 5.32 Å². The smallest absolute Gasteiger partial charge is 0.0440 e. The van der Waals surface area contributed by atoms with Crippen LogP contribution in [-0.4, -0.2) is 6.04 Å². The summed E-state index contributed by atoms with van der Waals surface area (Å²) in [5.74, 6) is 0.626. The Labute approximate surface area is 123 Å². The van der Waals surface area contributed by atoms with Gasteiger partial charge in [0.1, 0.15) is 0 Å². The van der Waals surface area contributed by atoms with Crippen molar-refractivity contribution in [2.75, 3.05) is 0 Å². The fraction of sp³-hybridized carbons (Fsp3) is 0.375. The number of hydrogen-bond acceptors (Lipinski definition) is 2. The summed E-state index contributed by atoms with van der Waals surface area (Å²) in [7, 11) is 0. The fourth-order valence-electron chi connectivity index (χ4n) is 2.79. The highest BCUT2D eigenvalue weighted by Gasteiger charge is 2.32. The molecule has 1 aliphatic carbocycles. The van der Waals surface area contributed by atoms with Crippen LogP contribution in [0.2, 0.25) is 5.02 Å². The lowest BCUT2D eigenvalue weighted by atomic mass is 9.75. The first-order valence-electron chi connectivity index (χ1n) is 6.76. The summed E-state index contributed by atoms with van der Waals surface area (Å²) in [6.07, 6.45) is 2.39. The van der Waals surface area contributed by atoms with Crippen molar-refractivity contribution in [1.82, 2.24) is 5.32 Å². The van der Waals surface area contributed by atoms with E-state index in [0.29, 0.717) is 18.0 Å². The predicted octanol–water partition coefficient (Wildman–Crippen LogP) is 5.00. The van der Waals surface area contributed by atoms with Gasteiger partial charge in [-0.05, 0) is 59.7 Å². The molecule has 1 aromatic carbocycles. The maximum absolute atomic E-state index is 6.25. The van der Waals surface area contributed by atoms with Crippen LogP contribution >= 0.6 is 22.9 Å². The van der Waals surface area contributed by atoms with E-state index in [1.54, 1.807) is 11.3 Å². The van der Waals surface area contributed by atoms with Crippen LogP contribution < -0.4 is 5.32 Å². The van der Waals surface area contributed by atoms with Crippen LogP contribution in [0.4, 0.5) is 0 Å². The second-order valence-corrected chi connectivity index (χ2v) is 6.52. The Kier molecular flexibility index (Phi) is 3.92. The van der Waals surface area contributed by atoms with Gasteiger partial charge in [0.15, 0.2) is 0 Å². The average molecular weight is 292 g/mol. The van der Waals surface area contributed by atoms with Gasteiger partial charge >= 0.3 is 0 Å². The van der Waals surface area contributed by atoms with E-state index in [1.807, 2.05) is 12.1 Å². The van der Waals surface area contributed by atoms with Crippen LogP contribution in [0.5, 0.6) is 0 Å². The first kappa shape index (κ1) is 13.2. The summed E-state index contributed by atoms with van der Waals surface area (Å²) < 4.78 is 0. The summed E-state index contributed by atoms with van der Waals surface area (Å²) in [5.41, 5.74) is 2.71. The van der Waals surface area contributed by atoms with Crippen LogP contribution in [0.25, 0.3) is 0 Å². The normalized spacial score (nSPS) is 23.9. The average Bonchev–Trinajstić information content (AvgIpc) is 2.88. The molecule has 1 aliphatic rings. The summed E-state index contributed by atoms with van der Waals surface area (Å²) in [6.45, 7) is 2.24. The van der Waals surface area contributed by atoms with Crippen LogP contribution in [-0.2, 0) is 0 Å². The van der Waals surface area contributed by atoms with E-state index in [2.05, 4.69) is 41.2 Å². The lowest BCUT2D eigenvalue weighted by molar-refractivity contribution is 0.271. The zero-order valence-corrected chi connectivity index (χ0v) is 12.5. The lowest BCUT2D eigenvalue weighted by Crippen LogP contribution is -2.41. The van der Waals surface area contributed by atoms with Gasteiger partial charge in [0, 0.05) is 17.1 Å². The quantitative estimate of drug-likeness (QED) is 0.836. The molecule has 3 heteroatoms. The standard InChI is InChI=1S/C16H18ClNS/c1-11(12-6-7-19-10-12)18-14-8-13(9-14)15-4-2-3-5-16(15)17/h2-7,10-11,13-14,18H,8-9H2,1H3. The summed E-state index contributed by atoms with van der Waals surface area (Å²) in [6, 6.07) is 11.5. The Hall–Kier alpha value is -0.830. The molecular formula is C16H18ClNS. The van der Waals surface area contributed by atoms with E-state index < -0.39 is 0 Å². The number of thiophene rings is 1. The molecule has 100 valence electrons. The van der Waals surface area contributed by atoms with Crippen molar-refractivity contribution in [2.24, 2.45) is 0 Å². The van der Waals surface area contributed by atoms with Crippen LogP contribution in [0.1, 0.15) is 42.9 Å². The van der Waals surface area contributed by atoms with E-state index >= 15 is 0 Å². The van der Waals surface area contributed by atoms with Crippen molar-refractivity contribution in [3.8, 4) is 0 Å². The molecule has 1 saturated carbocycles. The van der Waals surface area contributed by atoms with Crippen molar-refractivity contribution in [3.05, 3.63) is 57.2 Å². The molecular weight excluding hydrogens is 274 g/mol. The number of hydrogen-bond donors (Lipinski definition) is 1. The molecule has 1 N–H and O–H groups in total. The minimum Gasteiger partial charge on any atom is -0.307 e. The SMILES string of the molecule is CC(NC1CC(c2ccccc2Cl)C1)c1ccsc1. The molecule has 0 aliphatic heterocycles. The Morgan fingerprint density at radius 1 is 1.26 bits per heavy atom. The van der Waals surface area contributed by atoms with E-state index in [0.717, 1.165) is 5.02 Å². The minimum absolute atomic E-state index is 0.448. The minimum atomic E-state index is 0.448. The van der Waals surface area contributed by atoms with Crippen LogP contribution in [0.15, 0.2) is 41.1 Å². The fourth-order valence-corrected chi connectivity index (χ4v) is 3.83. The summed E-state index contributed by atoms with van der Waals surface area (Å²) in [5, 5.41) is 8.98. The molecule has 1 nitrogen and oxygen atoms in total. The predicted molar refractivity (Wildman–Crippen MR) is 83.1 cm³/mol. The van der Waals surface area contributed by atoms with Crippen LogP contribution in [0.3, 0.4) is 0 Å². The van der Waals surface area contributed by atoms with Gasteiger partial charge in [-0.2, -0.15) is 11.3 Å². The van der Waals surface area contributed by atoms with Gasteiger partial charge in [0.2, 0.25) is 0 Å². The molecule has 0 saturated heterocycles. The van der Waals surface area contributed by atoms with E-state index in [4.69, 9.17) is 11.6 Å². The number of rotatable bonds is 4. The van der Waals surface area contributed by atoms with Crippen molar-refractivity contribution in [2.45, 2.75) is 37.8 Å². The molecule has 2 aromatic rings. The number of benzene rings is 1. The topological polar surface area (TPSA) is 12.0 Å². The third kappa shape index (κ3) is 2.86. The van der Waals surface area contributed by atoms with Gasteiger partial charge in [-0.3, -0.25) is 0 Å². The molecule has 0 bridgehead atoms. The lowest BCUT2D eigenvalue weighted by Gasteiger charge is -2.38. The van der Waals surface area contributed by atoms with Crippen molar-refractivity contribution >= 4 is 22.9 Å². The highest BCUT2D eigenvalue weighted by atomic mass is 35.5. The second kappa shape index (κ2) is 5.66. The maximum atomic E-state index is 6.25. The Bertz CT molecular complexity index is 531. The molecule has 1 atom stereocenters. The third-order valence-electron chi connectivity index (χ3n) is 4.01. The van der Waals surface area contributed by atoms with Crippen molar-refractivity contribution in [3.63, 3.8) is 0 Å². The Morgan fingerprint density at radius 3 is 2.74 bits per heavy atom. The summed E-state index contributed by atoms with van der Waals surface area (Å²) in [4.78, 5) is 0.